The molecule has 60 heavy (non-hydrogen) atoms. The molecule has 19 heteroatoms. The maximum atomic E-state index is 15.4. The van der Waals surface area contributed by atoms with Gasteiger partial charge in [-0.25, -0.2) is 26.9 Å². The maximum Gasteiger partial charge on any atom is 0.258 e. The Kier molecular flexibility index (Phi) is 10.3. The maximum absolute atomic E-state index is 15.4. The van der Waals surface area contributed by atoms with Crippen molar-refractivity contribution in [2.45, 2.75) is 28.5 Å². The van der Waals surface area contributed by atoms with Gasteiger partial charge in [-0.3, -0.25) is 24.1 Å². The van der Waals surface area contributed by atoms with E-state index in [9.17, 15) is 37.5 Å². The third-order valence-electron chi connectivity index (χ3n) is 11.6. The van der Waals surface area contributed by atoms with Gasteiger partial charge in [0.05, 0.1) is 39.6 Å². The van der Waals surface area contributed by atoms with E-state index >= 15 is 8.78 Å². The lowest BCUT2D eigenvalue weighted by Gasteiger charge is -2.50. The number of phenolic OH excluding ortho intramolecular Hbond substituents is 1. The van der Waals surface area contributed by atoms with Gasteiger partial charge in [0.2, 0.25) is 17.6 Å². The number of halogens is 8. The fourth-order valence-electron chi connectivity index (χ4n) is 8.71. The number of amides is 4. The smallest absolute Gasteiger partial charge is 0.258 e. The summed E-state index contributed by atoms with van der Waals surface area (Å²) in [6, 6.07) is 16.1. The van der Waals surface area contributed by atoms with Crippen molar-refractivity contribution in [1.82, 2.24) is 0 Å². The van der Waals surface area contributed by atoms with E-state index in [1.54, 1.807) is 52.9 Å². The molecule has 1 N–H and O–H groups in total. The minimum Gasteiger partial charge on any atom is -0.504 e. The predicted octanol–water partition coefficient (Wildman–Crippen LogP) is 8.95. The highest BCUT2D eigenvalue weighted by atomic mass is 127. The normalized spacial score (nSPS) is 26.1. The number of hydrogen-bond acceptors (Lipinski definition) is 9. The van der Waals surface area contributed by atoms with Crippen LogP contribution in [0.25, 0.3) is 0 Å². The van der Waals surface area contributed by atoms with Crippen LogP contribution in [0, 0.1) is 50.4 Å². The Morgan fingerprint density at radius 3 is 1.93 bits per heavy atom. The van der Waals surface area contributed by atoms with E-state index < -0.39 is 98.2 Å². The second kappa shape index (κ2) is 14.8. The molecule has 2 saturated heterocycles. The lowest BCUT2D eigenvalue weighted by Crippen LogP contribution is -2.60. The molecule has 0 radical (unpaired) electrons. The highest BCUT2D eigenvalue weighted by Crippen LogP contribution is 2.66. The fourth-order valence-corrected chi connectivity index (χ4v) is 10.3. The monoisotopic (exact) mass is 979 g/mol. The molecule has 2 aliphatic carbocycles. The molecule has 2 heterocycles. The van der Waals surface area contributed by atoms with Crippen molar-refractivity contribution in [2.75, 3.05) is 35.9 Å². The Bertz CT molecular complexity index is 2590. The van der Waals surface area contributed by atoms with Gasteiger partial charge in [-0.1, -0.05) is 11.6 Å². The number of azo groups is 1. The van der Waals surface area contributed by atoms with Crippen molar-refractivity contribution in [3.63, 3.8) is 0 Å². The number of ether oxygens (including phenoxy) is 1. The van der Waals surface area contributed by atoms with Crippen LogP contribution in [-0.2, 0) is 19.2 Å². The SMILES string of the molecule is COc1cc(C2C3=CCC4C(=O)N(c5ccc(N=Nc6ccc(N(C)C)cc6)cc5)C(=O)C4C3CC3(Cl)C(=O)N(c4c(F)c(F)c(F)c(F)c4F)C(=O)C23Cl)cc(I)c1O. The summed E-state index contributed by atoms with van der Waals surface area (Å²) in [5.74, 6) is -22.2. The Morgan fingerprint density at radius 1 is 0.800 bits per heavy atom. The number of nitrogens with zero attached hydrogens (tertiary/aromatic N) is 5. The fraction of sp³-hybridized carbons (Fsp3) is 0.268. The van der Waals surface area contributed by atoms with Crippen molar-refractivity contribution >= 4 is 97.9 Å². The molecule has 4 aromatic carbocycles. The topological polar surface area (TPSA) is 132 Å². The van der Waals surface area contributed by atoms with Gasteiger partial charge >= 0.3 is 0 Å². The number of rotatable bonds is 7. The first-order chi connectivity index (χ1) is 28.4. The third-order valence-corrected chi connectivity index (χ3v) is 13.8. The number of fused-ring (bicyclic) bond motifs is 4. The van der Waals surface area contributed by atoms with Crippen molar-refractivity contribution in [1.29, 1.82) is 0 Å². The van der Waals surface area contributed by atoms with Crippen LogP contribution in [-0.4, -0.2) is 59.7 Å². The summed E-state index contributed by atoms with van der Waals surface area (Å²) in [5, 5.41) is 19.2. The molecular formula is C41H29Cl2F5IN5O6. The summed E-state index contributed by atoms with van der Waals surface area (Å²) in [4.78, 5) is 54.9. The molecule has 6 atom stereocenters. The molecule has 6 unspecified atom stereocenters. The minimum atomic E-state index is -2.74. The molecule has 0 bridgehead atoms. The number of imide groups is 2. The number of phenols is 1. The van der Waals surface area contributed by atoms with Crippen LogP contribution in [0.15, 0.2) is 82.5 Å². The van der Waals surface area contributed by atoms with Gasteiger partial charge in [-0.05, 0) is 108 Å². The van der Waals surface area contributed by atoms with Gasteiger partial charge in [-0.15, -0.1) is 23.2 Å². The zero-order valence-corrected chi connectivity index (χ0v) is 35.0. The van der Waals surface area contributed by atoms with E-state index in [-0.39, 0.29) is 43.2 Å². The lowest BCUT2D eigenvalue weighted by atomic mass is 9.56. The average molecular weight is 981 g/mol. The van der Waals surface area contributed by atoms with Crippen LogP contribution in [0.2, 0.25) is 0 Å². The second-order valence-corrected chi connectivity index (χ2v) is 17.3. The van der Waals surface area contributed by atoms with Gasteiger partial charge < -0.3 is 14.7 Å². The van der Waals surface area contributed by atoms with E-state index in [0.717, 1.165) is 10.6 Å². The summed E-state index contributed by atoms with van der Waals surface area (Å²) < 4.78 is 79.6. The molecule has 3 fully saturated rings. The molecule has 0 spiro atoms. The lowest BCUT2D eigenvalue weighted by molar-refractivity contribution is -0.125. The first-order valence-corrected chi connectivity index (χ1v) is 19.9. The van der Waals surface area contributed by atoms with Crippen LogP contribution in [0.1, 0.15) is 24.3 Å². The van der Waals surface area contributed by atoms with Crippen molar-refractivity contribution in [2.24, 2.45) is 28.0 Å². The molecule has 4 aromatic rings. The minimum absolute atomic E-state index is 0.0644. The molecular weight excluding hydrogens is 951 g/mol. The zero-order chi connectivity index (χ0) is 43.3. The van der Waals surface area contributed by atoms with Crippen LogP contribution >= 0.6 is 45.8 Å². The zero-order valence-electron chi connectivity index (χ0n) is 31.3. The molecule has 4 amide bonds. The highest BCUT2D eigenvalue weighted by molar-refractivity contribution is 14.1. The van der Waals surface area contributed by atoms with Crippen molar-refractivity contribution < 1.29 is 51.0 Å². The Labute approximate surface area is 361 Å². The number of hydrogen-bond donors (Lipinski definition) is 1. The molecule has 310 valence electrons. The van der Waals surface area contributed by atoms with Gasteiger partial charge in [0.25, 0.3) is 11.8 Å². The molecule has 2 aliphatic heterocycles. The molecule has 0 aromatic heterocycles. The van der Waals surface area contributed by atoms with Crippen LogP contribution in [0.3, 0.4) is 0 Å². The van der Waals surface area contributed by atoms with Crippen LogP contribution < -0.4 is 19.4 Å². The number of benzene rings is 4. The summed E-state index contributed by atoms with van der Waals surface area (Å²) in [6.07, 6.45) is 0.836. The third kappa shape index (κ3) is 5.93. The van der Waals surface area contributed by atoms with E-state index in [0.29, 0.717) is 11.4 Å². The molecule has 11 nitrogen and oxygen atoms in total. The quantitative estimate of drug-likeness (QED) is 0.0286. The van der Waals surface area contributed by atoms with E-state index in [1.807, 2.05) is 31.1 Å². The standard InChI is InChI=1S/C41H29Cl2F5IN5O6/c1-52(2)20-8-4-18(5-9-20)50-51-19-6-10-21(11-7-19)53-36(56)23-13-12-22-24(27(23)37(53)57)16-40(42)38(58)54(34-32(47)30(45)29(44)31(46)33(34)48)39(59)41(40,43)28(22)17-14-25(49)35(55)26(15-17)60-3/h4-12,14-15,23-24,27-28,55H,13,16H2,1-3H3. The summed E-state index contributed by atoms with van der Waals surface area (Å²) in [5.41, 5.74) is 0.597. The van der Waals surface area contributed by atoms with Gasteiger partial charge in [0, 0.05) is 25.7 Å². The van der Waals surface area contributed by atoms with E-state index in [4.69, 9.17) is 27.9 Å². The number of carbonyl (C=O) groups is 4. The number of carbonyl (C=O) groups excluding carboxylic acids is 4. The Hall–Kier alpha value is -5.14. The van der Waals surface area contributed by atoms with E-state index in [2.05, 4.69) is 10.2 Å². The number of allylic oxidation sites excluding steroid dienone is 2. The number of anilines is 3. The molecule has 4 aliphatic rings. The van der Waals surface area contributed by atoms with Crippen LogP contribution in [0.5, 0.6) is 11.5 Å². The average Bonchev–Trinajstić information content (AvgIpc) is 3.57. The summed E-state index contributed by atoms with van der Waals surface area (Å²) in [6.45, 7) is 0. The number of methoxy groups -OCH3 is 1. The Balaban J connectivity index is 1.20. The first kappa shape index (κ1) is 41.6. The summed E-state index contributed by atoms with van der Waals surface area (Å²) >= 11 is 16.2. The van der Waals surface area contributed by atoms with Crippen LogP contribution in [0.4, 0.5) is 50.4 Å². The molecule has 1 saturated carbocycles. The Morgan fingerprint density at radius 2 is 1.37 bits per heavy atom. The first-order valence-electron chi connectivity index (χ1n) is 18.1. The highest BCUT2D eigenvalue weighted by Gasteiger charge is 2.77. The van der Waals surface area contributed by atoms with E-state index in [1.165, 1.54) is 31.4 Å². The molecule has 8 rings (SSSR count). The van der Waals surface area contributed by atoms with Gasteiger partial charge in [-0.2, -0.15) is 10.2 Å². The van der Waals surface area contributed by atoms with Crippen molar-refractivity contribution in [3.8, 4) is 11.5 Å². The predicted molar refractivity (Wildman–Crippen MR) is 218 cm³/mol. The van der Waals surface area contributed by atoms with Gasteiger partial charge in [0.15, 0.2) is 44.5 Å². The summed E-state index contributed by atoms with van der Waals surface area (Å²) in [7, 11) is 5.04. The van der Waals surface area contributed by atoms with Crippen molar-refractivity contribution in [3.05, 3.63) is 111 Å². The largest absolute Gasteiger partial charge is 0.504 e. The number of aromatic hydroxyl groups is 1. The van der Waals surface area contributed by atoms with Gasteiger partial charge in [0.1, 0.15) is 5.69 Å². The second-order valence-electron chi connectivity index (χ2n) is 14.9. The number of alkyl halides is 2.